The van der Waals surface area contributed by atoms with Crippen LogP contribution < -0.4 is 0 Å². The van der Waals surface area contributed by atoms with Crippen LogP contribution in [0.4, 0.5) is 0 Å². The van der Waals surface area contributed by atoms with Crippen LogP contribution in [0.2, 0.25) is 0 Å². The summed E-state index contributed by atoms with van der Waals surface area (Å²) in [6.07, 6.45) is 7.31. The van der Waals surface area contributed by atoms with Crippen molar-refractivity contribution < 1.29 is 0 Å². The number of hydrogen-bond donors (Lipinski definition) is 0. The number of nitrogens with zero attached hydrogens (tertiary/aromatic N) is 1. The molecule has 0 aliphatic rings. The smallest absolute Gasteiger partial charge is 0.0811 e. The van der Waals surface area contributed by atoms with Crippen molar-refractivity contribution in [3.8, 4) is 0 Å². The first-order valence-corrected chi connectivity index (χ1v) is 4.11. The van der Waals surface area contributed by atoms with Crippen LogP contribution in [0.3, 0.4) is 0 Å². The summed E-state index contributed by atoms with van der Waals surface area (Å²) in [5.74, 6) is 0. The molecule has 0 fully saturated rings. The maximum absolute atomic E-state index is 4.14. The molecule has 0 unspecified atom stereocenters. The zero-order valence-corrected chi connectivity index (χ0v) is 6.97. The van der Waals surface area contributed by atoms with E-state index < -0.39 is 0 Å². The summed E-state index contributed by atoms with van der Waals surface area (Å²) >= 11 is 1.59. The summed E-state index contributed by atoms with van der Waals surface area (Å²) < 4.78 is 0. The topological polar surface area (TPSA) is 12.9 Å². The first-order valence-electron chi connectivity index (χ1n) is 3.23. The maximum Gasteiger partial charge on any atom is 0.0811 e. The molecular weight excluding hydrogens is 154 g/mol. The Morgan fingerprint density at radius 1 is 1.45 bits per heavy atom. The number of allylic oxidation sites excluding steroid dienone is 2. The highest BCUT2D eigenvalue weighted by Gasteiger charge is 1.95. The van der Waals surface area contributed by atoms with E-state index in [-0.39, 0.29) is 0 Å². The van der Waals surface area contributed by atoms with E-state index in [9.17, 15) is 0 Å². The Morgan fingerprint density at radius 2 is 2.27 bits per heavy atom. The third kappa shape index (κ3) is 1.88. The number of hydrogen-bond acceptors (Lipinski definition) is 2. The fourth-order valence-electron chi connectivity index (χ4n) is 0.701. The molecule has 0 atom stereocenters. The van der Waals surface area contributed by atoms with E-state index in [0.717, 1.165) is 10.6 Å². The van der Waals surface area contributed by atoms with Crippen molar-refractivity contribution in [3.63, 3.8) is 0 Å². The van der Waals surface area contributed by atoms with Gasteiger partial charge in [-0.05, 0) is 12.2 Å². The van der Waals surface area contributed by atoms with Gasteiger partial charge >= 0.3 is 0 Å². The standard InChI is InChI=1S/C9H9NS/c1-3-5-6-8-9(4-2)11-7-10-8/h3-7H,1-2H2/b6-5-. The number of thiazole rings is 1. The lowest BCUT2D eigenvalue weighted by Gasteiger charge is -1.85. The van der Waals surface area contributed by atoms with Gasteiger partial charge in [-0.15, -0.1) is 11.3 Å². The van der Waals surface area contributed by atoms with Crippen LogP contribution in [-0.2, 0) is 0 Å². The van der Waals surface area contributed by atoms with Gasteiger partial charge in [0.05, 0.1) is 16.1 Å². The number of rotatable bonds is 3. The van der Waals surface area contributed by atoms with Gasteiger partial charge in [-0.25, -0.2) is 4.98 Å². The second-order valence-electron chi connectivity index (χ2n) is 1.90. The van der Waals surface area contributed by atoms with E-state index in [1.54, 1.807) is 29.0 Å². The number of aromatic nitrogens is 1. The highest BCUT2D eigenvalue weighted by Crippen LogP contribution is 2.15. The molecule has 1 rings (SSSR count). The Bertz CT molecular complexity index is 284. The van der Waals surface area contributed by atoms with Gasteiger partial charge in [0.1, 0.15) is 0 Å². The fourth-order valence-corrected chi connectivity index (χ4v) is 1.32. The van der Waals surface area contributed by atoms with Crippen molar-refractivity contribution in [1.29, 1.82) is 0 Å². The van der Waals surface area contributed by atoms with Crippen molar-refractivity contribution in [2.24, 2.45) is 0 Å². The zero-order valence-electron chi connectivity index (χ0n) is 6.16. The maximum atomic E-state index is 4.14. The lowest BCUT2D eigenvalue weighted by Crippen LogP contribution is -1.71. The average molecular weight is 163 g/mol. The largest absolute Gasteiger partial charge is 0.245 e. The van der Waals surface area contributed by atoms with Gasteiger partial charge in [0, 0.05) is 0 Å². The third-order valence-corrected chi connectivity index (χ3v) is 2.04. The predicted octanol–water partition coefficient (Wildman–Crippen LogP) is 2.99. The van der Waals surface area contributed by atoms with Crippen LogP contribution in [-0.4, -0.2) is 4.98 Å². The molecule has 0 radical (unpaired) electrons. The van der Waals surface area contributed by atoms with Gasteiger partial charge in [0.2, 0.25) is 0 Å². The molecule has 1 nitrogen and oxygen atoms in total. The lowest BCUT2D eigenvalue weighted by atomic mass is 10.3. The van der Waals surface area contributed by atoms with Gasteiger partial charge in [-0.2, -0.15) is 0 Å². The van der Waals surface area contributed by atoms with E-state index in [0.29, 0.717) is 0 Å². The third-order valence-electron chi connectivity index (χ3n) is 1.20. The summed E-state index contributed by atoms with van der Waals surface area (Å²) in [6.45, 7) is 7.26. The minimum atomic E-state index is 0.963. The molecule has 0 N–H and O–H groups in total. The molecule has 0 aromatic carbocycles. The molecule has 0 bridgehead atoms. The summed E-state index contributed by atoms with van der Waals surface area (Å²) in [4.78, 5) is 5.24. The van der Waals surface area contributed by atoms with Crippen LogP contribution in [0.5, 0.6) is 0 Å². The second-order valence-corrected chi connectivity index (χ2v) is 2.79. The highest BCUT2D eigenvalue weighted by molar-refractivity contribution is 7.10. The van der Waals surface area contributed by atoms with Crippen LogP contribution >= 0.6 is 11.3 Å². The fraction of sp³-hybridized carbons (Fsp3) is 0. The van der Waals surface area contributed by atoms with Gasteiger partial charge in [-0.3, -0.25) is 0 Å². The molecule has 11 heavy (non-hydrogen) atoms. The minimum absolute atomic E-state index is 0.963. The molecule has 0 amide bonds. The van der Waals surface area contributed by atoms with Crippen molar-refractivity contribution in [3.05, 3.63) is 41.4 Å². The van der Waals surface area contributed by atoms with Crippen LogP contribution in [0.25, 0.3) is 12.2 Å². The molecular formula is C9H9NS. The van der Waals surface area contributed by atoms with E-state index in [2.05, 4.69) is 18.1 Å². The summed E-state index contributed by atoms with van der Waals surface area (Å²) in [7, 11) is 0. The van der Waals surface area contributed by atoms with E-state index in [1.165, 1.54) is 0 Å². The molecule has 1 heterocycles. The van der Waals surface area contributed by atoms with Gasteiger partial charge in [-0.1, -0.05) is 25.3 Å². The zero-order chi connectivity index (χ0) is 8.10. The normalized spacial score (nSPS) is 10.2. The quantitative estimate of drug-likeness (QED) is 0.624. The molecule has 1 aromatic rings. The molecule has 0 aliphatic carbocycles. The highest BCUT2D eigenvalue weighted by atomic mass is 32.1. The van der Waals surface area contributed by atoms with Crippen LogP contribution in [0, 0.1) is 0 Å². The van der Waals surface area contributed by atoms with Gasteiger partial charge < -0.3 is 0 Å². The summed E-state index contributed by atoms with van der Waals surface area (Å²) in [6, 6.07) is 0. The summed E-state index contributed by atoms with van der Waals surface area (Å²) in [5, 5.41) is 0. The van der Waals surface area contributed by atoms with E-state index >= 15 is 0 Å². The summed E-state index contributed by atoms with van der Waals surface area (Å²) in [5.41, 5.74) is 2.77. The molecule has 2 heteroatoms. The SMILES string of the molecule is C=C/C=C\c1ncsc1C=C. The van der Waals surface area contributed by atoms with Crippen LogP contribution in [0.1, 0.15) is 10.6 Å². The first kappa shape index (κ1) is 7.95. The molecule has 0 aliphatic heterocycles. The van der Waals surface area contributed by atoms with Crippen molar-refractivity contribution in [2.45, 2.75) is 0 Å². The van der Waals surface area contributed by atoms with Gasteiger partial charge in [0.15, 0.2) is 0 Å². The molecule has 0 spiro atoms. The lowest BCUT2D eigenvalue weighted by molar-refractivity contribution is 1.38. The van der Waals surface area contributed by atoms with E-state index in [4.69, 9.17) is 0 Å². The molecule has 0 saturated carbocycles. The van der Waals surface area contributed by atoms with E-state index in [1.807, 2.05) is 12.2 Å². The van der Waals surface area contributed by atoms with Crippen molar-refractivity contribution >= 4 is 23.5 Å². The molecule has 56 valence electrons. The Balaban J connectivity index is 2.92. The molecule has 1 aromatic heterocycles. The van der Waals surface area contributed by atoms with Crippen molar-refractivity contribution in [1.82, 2.24) is 4.98 Å². The monoisotopic (exact) mass is 163 g/mol. The Hall–Kier alpha value is -1.15. The molecule has 0 saturated heterocycles. The second kappa shape index (κ2) is 3.88. The Labute approximate surface area is 70.4 Å². The first-order chi connectivity index (χ1) is 5.38. The van der Waals surface area contributed by atoms with Gasteiger partial charge in [0.25, 0.3) is 0 Å². The van der Waals surface area contributed by atoms with Crippen molar-refractivity contribution in [2.75, 3.05) is 0 Å². The Kier molecular flexibility index (Phi) is 2.81. The van der Waals surface area contributed by atoms with Crippen LogP contribution in [0.15, 0.2) is 30.8 Å². The minimum Gasteiger partial charge on any atom is -0.245 e. The average Bonchev–Trinajstić information content (AvgIpc) is 2.47. The predicted molar refractivity (Wildman–Crippen MR) is 51.4 cm³/mol. The Morgan fingerprint density at radius 3 is 2.91 bits per heavy atom.